The third-order valence-electron chi connectivity index (χ3n) is 3.39. The molecule has 156 valence electrons. The fourth-order valence-corrected chi connectivity index (χ4v) is 3.43. The molecular weight excluding hydrogens is 408 g/mol. The minimum absolute atomic E-state index is 0.0701. The number of hydrogen-bond acceptors (Lipinski definition) is 11. The molecule has 0 aliphatic rings. The van der Waals surface area contributed by atoms with Crippen LogP contribution in [0, 0.1) is 0 Å². The molecule has 0 aliphatic carbocycles. The number of hydrazine groups is 1. The molecule has 2 aromatic rings. The monoisotopic (exact) mass is 426 g/mol. The Balaban J connectivity index is 2.35. The summed E-state index contributed by atoms with van der Waals surface area (Å²) in [4.78, 5) is 31.3. The summed E-state index contributed by atoms with van der Waals surface area (Å²) >= 11 is 0. The number of benzene rings is 1. The van der Waals surface area contributed by atoms with Crippen molar-refractivity contribution < 1.29 is 32.2 Å². The number of nitrogens with two attached hydrogens (primary N) is 1. The molecule has 0 unspecified atom stereocenters. The summed E-state index contributed by atoms with van der Waals surface area (Å²) in [6, 6.07) is 4.04. The molecule has 0 aliphatic heterocycles. The van der Waals surface area contributed by atoms with Gasteiger partial charge in [0.25, 0.3) is 10.0 Å². The smallest absolute Gasteiger partial charge is 0.339 e. The fourth-order valence-electron chi connectivity index (χ4n) is 2.18. The summed E-state index contributed by atoms with van der Waals surface area (Å²) < 4.78 is 41.7. The molecule has 0 saturated heterocycles. The van der Waals surface area contributed by atoms with E-state index in [1.54, 1.807) is 4.72 Å². The van der Waals surface area contributed by atoms with Gasteiger partial charge in [0.1, 0.15) is 4.90 Å². The molecule has 0 fully saturated rings. The molecule has 0 saturated carbocycles. The quantitative estimate of drug-likeness (QED) is 0.267. The van der Waals surface area contributed by atoms with Gasteiger partial charge in [-0.1, -0.05) is 6.07 Å². The van der Waals surface area contributed by atoms with Gasteiger partial charge in [-0.05, 0) is 12.1 Å². The van der Waals surface area contributed by atoms with Crippen LogP contribution in [0.3, 0.4) is 0 Å². The fraction of sp³-hybridized carbons (Fsp3) is 0.200. The minimum atomic E-state index is -4.56. The lowest BCUT2D eigenvalue weighted by molar-refractivity contribution is 0.0596. The molecule has 2 amide bonds. The van der Waals surface area contributed by atoms with Crippen molar-refractivity contribution in [3.63, 3.8) is 0 Å². The number of hydrogen-bond donors (Lipinski definition) is 4. The second kappa shape index (κ2) is 9.03. The van der Waals surface area contributed by atoms with Gasteiger partial charge in [-0.25, -0.2) is 22.7 Å². The number of anilines is 2. The normalized spacial score (nSPS) is 10.6. The van der Waals surface area contributed by atoms with Crippen LogP contribution in [0.15, 0.2) is 29.2 Å². The summed E-state index contributed by atoms with van der Waals surface area (Å²) in [5.74, 6) is 4.25. The summed E-state index contributed by atoms with van der Waals surface area (Å²) in [6.45, 7) is 0. The van der Waals surface area contributed by atoms with Crippen molar-refractivity contribution in [3.05, 3.63) is 29.8 Å². The highest BCUT2D eigenvalue weighted by Crippen LogP contribution is 2.25. The Labute approximate surface area is 165 Å². The number of carbonyl (C=O) groups is 2. The predicted molar refractivity (Wildman–Crippen MR) is 100 cm³/mol. The number of aromatic nitrogens is 2. The number of carbonyl (C=O) groups excluding carboxylic acids is 2. The van der Waals surface area contributed by atoms with E-state index in [1.807, 2.05) is 0 Å². The summed E-state index contributed by atoms with van der Waals surface area (Å²) in [5, 5.41) is 2.14. The molecule has 0 atom stereocenters. The van der Waals surface area contributed by atoms with Crippen molar-refractivity contribution in [1.82, 2.24) is 14.7 Å². The van der Waals surface area contributed by atoms with E-state index in [-0.39, 0.29) is 29.0 Å². The molecule has 14 heteroatoms. The Morgan fingerprint density at radius 3 is 2.21 bits per heavy atom. The zero-order valence-corrected chi connectivity index (χ0v) is 16.4. The predicted octanol–water partition coefficient (Wildman–Crippen LogP) is 0.0764. The van der Waals surface area contributed by atoms with E-state index in [0.717, 1.165) is 7.11 Å². The Bertz CT molecular complexity index is 1010. The van der Waals surface area contributed by atoms with Crippen molar-refractivity contribution in [2.24, 2.45) is 5.84 Å². The van der Waals surface area contributed by atoms with Crippen molar-refractivity contribution in [2.75, 3.05) is 32.1 Å². The van der Waals surface area contributed by atoms with Crippen LogP contribution in [0.4, 0.5) is 16.4 Å². The number of nitrogen functional groups attached to an aromatic ring is 1. The molecule has 0 spiro atoms. The maximum absolute atomic E-state index is 12.7. The number of nitrogens with zero attached hydrogens (tertiary/aromatic N) is 2. The van der Waals surface area contributed by atoms with Crippen molar-refractivity contribution in [2.45, 2.75) is 4.90 Å². The van der Waals surface area contributed by atoms with E-state index < -0.39 is 26.9 Å². The molecule has 13 nitrogen and oxygen atoms in total. The second-order valence-electron chi connectivity index (χ2n) is 5.15. The number of rotatable bonds is 7. The van der Waals surface area contributed by atoms with Crippen LogP contribution in [0.1, 0.15) is 10.4 Å². The zero-order chi connectivity index (χ0) is 21.6. The number of ether oxygens (including phenoxy) is 3. The SMILES string of the molecule is COC(=O)c1cccc(NN)c1S(=O)(=O)NC(=O)Nc1nc(OC)cc(OC)n1. The topological polar surface area (TPSA) is 184 Å². The van der Waals surface area contributed by atoms with Crippen LogP contribution >= 0.6 is 0 Å². The van der Waals surface area contributed by atoms with Crippen molar-refractivity contribution >= 4 is 33.7 Å². The first-order valence-electron chi connectivity index (χ1n) is 7.74. The molecule has 1 heterocycles. The lowest BCUT2D eigenvalue weighted by Crippen LogP contribution is -2.36. The van der Waals surface area contributed by atoms with E-state index in [4.69, 9.17) is 15.3 Å². The van der Waals surface area contributed by atoms with Gasteiger partial charge < -0.3 is 19.6 Å². The standard InChI is InChI=1S/C15H18N6O7S/c1-26-10-7-11(27-2)18-14(17-10)19-15(23)21-29(24,25)12-8(13(22)28-3)5-4-6-9(12)20-16/h4-7,20H,16H2,1-3H3,(H2,17,18,19,21,23). The molecule has 0 radical (unpaired) electrons. The molecule has 1 aromatic carbocycles. The van der Waals surface area contributed by atoms with Gasteiger partial charge in [-0.3, -0.25) is 11.2 Å². The van der Waals surface area contributed by atoms with E-state index in [9.17, 15) is 18.0 Å². The molecule has 2 rings (SSSR count). The number of amides is 2. The van der Waals surface area contributed by atoms with Gasteiger partial charge in [-0.15, -0.1) is 0 Å². The van der Waals surface area contributed by atoms with E-state index in [0.29, 0.717) is 0 Å². The summed E-state index contributed by atoms with van der Waals surface area (Å²) in [6.07, 6.45) is 0. The lowest BCUT2D eigenvalue weighted by atomic mass is 10.2. The number of methoxy groups -OCH3 is 3. The minimum Gasteiger partial charge on any atom is -0.481 e. The lowest BCUT2D eigenvalue weighted by Gasteiger charge is -2.14. The third kappa shape index (κ3) is 4.99. The van der Waals surface area contributed by atoms with Crippen molar-refractivity contribution in [3.8, 4) is 11.8 Å². The van der Waals surface area contributed by atoms with Gasteiger partial charge in [0.05, 0.1) is 38.6 Å². The van der Waals surface area contributed by atoms with Crippen LogP contribution in [0.2, 0.25) is 0 Å². The molecule has 29 heavy (non-hydrogen) atoms. The highest BCUT2D eigenvalue weighted by Gasteiger charge is 2.28. The number of nitrogens with one attached hydrogen (secondary N) is 3. The maximum Gasteiger partial charge on any atom is 0.339 e. The average molecular weight is 426 g/mol. The number of sulfonamides is 1. The molecule has 1 aromatic heterocycles. The Morgan fingerprint density at radius 2 is 1.69 bits per heavy atom. The van der Waals surface area contributed by atoms with Gasteiger partial charge in [0.15, 0.2) is 0 Å². The highest BCUT2D eigenvalue weighted by atomic mass is 32.2. The molecule has 5 N–H and O–H groups in total. The Kier molecular flexibility index (Phi) is 6.74. The van der Waals surface area contributed by atoms with Crippen molar-refractivity contribution in [1.29, 1.82) is 0 Å². The maximum atomic E-state index is 12.7. The van der Waals surface area contributed by atoms with Gasteiger partial charge in [0, 0.05) is 0 Å². The highest BCUT2D eigenvalue weighted by molar-refractivity contribution is 7.90. The third-order valence-corrected chi connectivity index (χ3v) is 4.83. The second-order valence-corrected chi connectivity index (χ2v) is 6.77. The van der Waals surface area contributed by atoms with Gasteiger partial charge >= 0.3 is 12.0 Å². The summed E-state index contributed by atoms with van der Waals surface area (Å²) in [7, 11) is -0.816. The van der Waals surface area contributed by atoms with E-state index >= 15 is 0 Å². The number of urea groups is 1. The Hall–Kier alpha value is -3.65. The molecular formula is C15H18N6O7S. The molecule has 0 bridgehead atoms. The first-order chi connectivity index (χ1) is 13.7. The van der Waals surface area contributed by atoms with Crippen LogP contribution in [-0.2, 0) is 14.8 Å². The number of esters is 1. The first-order valence-corrected chi connectivity index (χ1v) is 9.22. The first kappa shape index (κ1) is 21.6. The van der Waals surface area contributed by atoms with Crippen LogP contribution in [0.25, 0.3) is 0 Å². The van der Waals surface area contributed by atoms with Crippen LogP contribution in [-0.4, -0.2) is 51.7 Å². The average Bonchev–Trinajstić information content (AvgIpc) is 2.71. The van der Waals surface area contributed by atoms with E-state index in [2.05, 4.69) is 25.4 Å². The van der Waals surface area contributed by atoms with Gasteiger partial charge in [-0.2, -0.15) is 9.97 Å². The van der Waals surface area contributed by atoms with Crippen LogP contribution in [0.5, 0.6) is 11.8 Å². The zero-order valence-electron chi connectivity index (χ0n) is 15.5. The van der Waals surface area contributed by atoms with Gasteiger partial charge in [0.2, 0.25) is 17.7 Å². The largest absolute Gasteiger partial charge is 0.481 e. The van der Waals surface area contributed by atoms with E-state index in [1.165, 1.54) is 38.5 Å². The van der Waals surface area contributed by atoms with Crippen LogP contribution < -0.4 is 30.8 Å². The Morgan fingerprint density at radius 1 is 1.07 bits per heavy atom. The summed E-state index contributed by atoms with van der Waals surface area (Å²) in [5.41, 5.74) is 1.69.